The van der Waals surface area contributed by atoms with Crippen LogP contribution >= 0.6 is 0 Å². The van der Waals surface area contributed by atoms with Crippen LogP contribution in [0.3, 0.4) is 0 Å². The number of rotatable bonds is 16. The minimum absolute atomic E-state index is 0.0854. The van der Waals surface area contributed by atoms with Gasteiger partial charge in [0.15, 0.2) is 0 Å². The maximum Gasteiger partial charge on any atom is 0.326 e. The molecule has 3 amide bonds. The molecule has 0 spiro atoms. The van der Waals surface area contributed by atoms with Crippen molar-refractivity contribution in [1.29, 1.82) is 0 Å². The second-order valence-corrected chi connectivity index (χ2v) is 7.81. The van der Waals surface area contributed by atoms with E-state index < -0.39 is 79.2 Å². The smallest absolute Gasteiger partial charge is 0.326 e. The van der Waals surface area contributed by atoms with Crippen molar-refractivity contribution >= 4 is 35.6 Å². The lowest BCUT2D eigenvalue weighted by atomic mass is 10.0. The Bertz CT molecular complexity index is 727. The Morgan fingerprint density at radius 1 is 0.727 bits per heavy atom. The van der Waals surface area contributed by atoms with Crippen molar-refractivity contribution in [2.24, 2.45) is 11.7 Å². The molecule has 9 N–H and O–H groups in total. The number of hydrogen-bond donors (Lipinski definition) is 8. The molecule has 14 heteroatoms. The van der Waals surface area contributed by atoms with Crippen LogP contribution in [-0.4, -0.2) is 86.8 Å². The first kappa shape index (κ1) is 29.7. The van der Waals surface area contributed by atoms with Gasteiger partial charge in [0.1, 0.15) is 18.1 Å². The number of amides is 3. The first-order valence-electron chi connectivity index (χ1n) is 10.2. The number of aliphatic hydroxyl groups excluding tert-OH is 1. The first-order chi connectivity index (χ1) is 15.3. The fourth-order valence-corrected chi connectivity index (χ4v) is 2.66. The summed E-state index contributed by atoms with van der Waals surface area (Å²) in [6.45, 7) is 2.57. The lowest BCUT2D eigenvalue weighted by molar-refractivity contribution is -0.143. The Morgan fingerprint density at radius 3 is 1.64 bits per heavy atom. The van der Waals surface area contributed by atoms with Crippen LogP contribution in [0.15, 0.2) is 0 Å². The van der Waals surface area contributed by atoms with E-state index in [1.165, 1.54) is 0 Å². The van der Waals surface area contributed by atoms with Crippen molar-refractivity contribution in [1.82, 2.24) is 16.0 Å². The molecule has 0 fully saturated rings. The number of carboxylic acid groups (broad SMARTS) is 3. The normalized spacial score (nSPS) is 14.5. The maximum absolute atomic E-state index is 12.6. The summed E-state index contributed by atoms with van der Waals surface area (Å²) in [5, 5.41) is 42.8. The summed E-state index contributed by atoms with van der Waals surface area (Å²) in [6, 6.07) is -5.59. The molecule has 4 atom stereocenters. The minimum Gasteiger partial charge on any atom is -0.481 e. The molecule has 0 aliphatic heterocycles. The highest BCUT2D eigenvalue weighted by molar-refractivity contribution is 5.94. The minimum atomic E-state index is -1.57. The second-order valence-electron chi connectivity index (χ2n) is 7.81. The van der Waals surface area contributed by atoms with Crippen LogP contribution in [0.5, 0.6) is 0 Å². The molecule has 0 aliphatic rings. The van der Waals surface area contributed by atoms with Crippen molar-refractivity contribution in [2.75, 3.05) is 6.61 Å². The van der Waals surface area contributed by atoms with Gasteiger partial charge in [-0.1, -0.05) is 13.8 Å². The van der Waals surface area contributed by atoms with Gasteiger partial charge in [-0.25, -0.2) is 4.79 Å². The summed E-state index contributed by atoms with van der Waals surface area (Å²) in [6.07, 6.45) is -1.45. The molecular formula is C19H32N4O10. The summed E-state index contributed by atoms with van der Waals surface area (Å²) in [5.41, 5.74) is 5.55. The summed E-state index contributed by atoms with van der Waals surface area (Å²) >= 11 is 0. The second kappa shape index (κ2) is 14.7. The molecule has 4 unspecified atom stereocenters. The molecule has 188 valence electrons. The highest BCUT2D eigenvalue weighted by atomic mass is 16.4. The molecule has 14 nitrogen and oxygen atoms in total. The number of aliphatic carboxylic acids is 3. The van der Waals surface area contributed by atoms with Gasteiger partial charge in [-0.3, -0.25) is 24.0 Å². The Labute approximate surface area is 189 Å². The third-order valence-electron chi connectivity index (χ3n) is 4.42. The van der Waals surface area contributed by atoms with Gasteiger partial charge in [0.25, 0.3) is 0 Å². The molecule has 0 aromatic carbocycles. The number of hydrogen-bond acceptors (Lipinski definition) is 8. The number of nitrogens with two attached hydrogens (primary N) is 1. The van der Waals surface area contributed by atoms with Crippen molar-refractivity contribution < 1.29 is 49.2 Å². The number of nitrogens with one attached hydrogen (secondary N) is 3. The molecule has 0 aromatic heterocycles. The van der Waals surface area contributed by atoms with Crippen LogP contribution in [0.2, 0.25) is 0 Å². The number of carbonyl (C=O) groups is 6. The van der Waals surface area contributed by atoms with Gasteiger partial charge in [0, 0.05) is 12.8 Å². The van der Waals surface area contributed by atoms with Crippen LogP contribution in [0.4, 0.5) is 0 Å². The molecule has 0 rings (SSSR count). The summed E-state index contributed by atoms with van der Waals surface area (Å²) in [4.78, 5) is 70.0. The van der Waals surface area contributed by atoms with Gasteiger partial charge in [0.05, 0.1) is 12.6 Å². The van der Waals surface area contributed by atoms with Crippen molar-refractivity contribution in [3.8, 4) is 0 Å². The fraction of sp³-hybridized carbons (Fsp3) is 0.684. The monoisotopic (exact) mass is 476 g/mol. The van der Waals surface area contributed by atoms with Crippen LogP contribution in [0.1, 0.15) is 46.0 Å². The fourth-order valence-electron chi connectivity index (χ4n) is 2.66. The van der Waals surface area contributed by atoms with Crippen LogP contribution in [0, 0.1) is 5.92 Å². The largest absolute Gasteiger partial charge is 0.481 e. The Kier molecular flexibility index (Phi) is 13.3. The summed E-state index contributed by atoms with van der Waals surface area (Å²) in [7, 11) is 0. The lowest BCUT2D eigenvalue weighted by Crippen LogP contribution is -2.58. The van der Waals surface area contributed by atoms with E-state index in [0.717, 1.165) is 0 Å². The predicted molar refractivity (Wildman–Crippen MR) is 112 cm³/mol. The van der Waals surface area contributed by atoms with E-state index in [0.29, 0.717) is 0 Å². The topological polar surface area (TPSA) is 245 Å². The average Bonchev–Trinajstić information content (AvgIpc) is 2.71. The average molecular weight is 476 g/mol. The molecule has 0 heterocycles. The predicted octanol–water partition coefficient (Wildman–Crippen LogP) is -2.38. The Hall–Kier alpha value is -3.26. The van der Waals surface area contributed by atoms with Crippen molar-refractivity contribution in [3.05, 3.63) is 0 Å². The molecule has 0 bridgehead atoms. The zero-order chi connectivity index (χ0) is 25.7. The van der Waals surface area contributed by atoms with E-state index >= 15 is 0 Å². The van der Waals surface area contributed by atoms with Crippen LogP contribution in [0.25, 0.3) is 0 Å². The molecule has 0 saturated carbocycles. The van der Waals surface area contributed by atoms with E-state index in [1.54, 1.807) is 13.8 Å². The molecular weight excluding hydrogens is 444 g/mol. The zero-order valence-corrected chi connectivity index (χ0v) is 18.4. The zero-order valence-electron chi connectivity index (χ0n) is 18.4. The van der Waals surface area contributed by atoms with E-state index in [4.69, 9.17) is 15.9 Å². The van der Waals surface area contributed by atoms with Gasteiger partial charge in [0.2, 0.25) is 17.7 Å². The standard InChI is InChI=1S/C19H32N4O10/c1-9(2)7-12(19(32)33)22-17(30)11(4-6-15(27)28)21-18(31)13(8-24)23-16(29)10(20)3-5-14(25)26/h9-13,24H,3-8,20H2,1-2H3,(H,21,31)(H,22,30)(H,23,29)(H,25,26)(H,27,28)(H,32,33). The lowest BCUT2D eigenvalue weighted by Gasteiger charge is -2.24. The maximum atomic E-state index is 12.6. The molecule has 0 radical (unpaired) electrons. The third kappa shape index (κ3) is 12.4. The highest BCUT2D eigenvalue weighted by Gasteiger charge is 2.30. The van der Waals surface area contributed by atoms with E-state index in [1.807, 2.05) is 0 Å². The molecule has 0 aliphatic carbocycles. The third-order valence-corrected chi connectivity index (χ3v) is 4.42. The van der Waals surface area contributed by atoms with Gasteiger partial charge >= 0.3 is 17.9 Å². The SMILES string of the molecule is CC(C)CC(NC(=O)C(CCC(=O)O)NC(=O)C(CO)NC(=O)C(N)CCC(=O)O)C(=O)O. The van der Waals surface area contributed by atoms with Gasteiger partial charge in [-0.15, -0.1) is 0 Å². The van der Waals surface area contributed by atoms with Gasteiger partial charge < -0.3 is 42.1 Å². The summed E-state index contributed by atoms with van der Waals surface area (Å²) < 4.78 is 0. The van der Waals surface area contributed by atoms with Crippen molar-refractivity contribution in [2.45, 2.75) is 70.1 Å². The van der Waals surface area contributed by atoms with Gasteiger partial charge in [-0.05, 0) is 25.2 Å². The van der Waals surface area contributed by atoms with E-state index in [9.17, 15) is 39.0 Å². The molecule has 0 aromatic rings. The summed E-state index contributed by atoms with van der Waals surface area (Å²) in [5.74, 6) is -6.75. The quantitative estimate of drug-likeness (QED) is 0.117. The Morgan fingerprint density at radius 2 is 1.18 bits per heavy atom. The van der Waals surface area contributed by atoms with Crippen molar-refractivity contribution in [3.63, 3.8) is 0 Å². The number of carboxylic acids is 3. The number of aliphatic hydroxyl groups is 1. The first-order valence-corrected chi connectivity index (χ1v) is 10.2. The highest BCUT2D eigenvalue weighted by Crippen LogP contribution is 2.07. The molecule has 33 heavy (non-hydrogen) atoms. The van der Waals surface area contributed by atoms with Crippen LogP contribution in [-0.2, 0) is 28.8 Å². The number of carbonyl (C=O) groups excluding carboxylic acids is 3. The Balaban J connectivity index is 5.30. The van der Waals surface area contributed by atoms with Gasteiger partial charge in [-0.2, -0.15) is 0 Å². The molecule has 0 saturated heterocycles. The van der Waals surface area contributed by atoms with Crippen LogP contribution < -0.4 is 21.7 Å². The van der Waals surface area contributed by atoms with E-state index in [-0.39, 0.29) is 25.2 Å². The van der Waals surface area contributed by atoms with E-state index in [2.05, 4.69) is 16.0 Å².